The second-order valence-corrected chi connectivity index (χ2v) is 5.60. The van der Waals surface area contributed by atoms with E-state index in [0.717, 1.165) is 6.42 Å². The molecule has 1 saturated heterocycles. The lowest BCUT2D eigenvalue weighted by Gasteiger charge is -2.25. The summed E-state index contributed by atoms with van der Waals surface area (Å²) in [6, 6.07) is 3.01. The highest BCUT2D eigenvalue weighted by Gasteiger charge is 2.28. The van der Waals surface area contributed by atoms with Gasteiger partial charge < -0.3 is 9.26 Å². The van der Waals surface area contributed by atoms with Crippen LogP contribution in [-0.4, -0.2) is 32.7 Å². The van der Waals surface area contributed by atoms with Crippen molar-refractivity contribution in [3.8, 4) is 11.7 Å². The molecule has 0 aliphatic carbocycles. The first-order valence-electron chi connectivity index (χ1n) is 7.27. The minimum absolute atomic E-state index is 0.217. The molecule has 22 heavy (non-hydrogen) atoms. The smallest absolute Gasteiger partial charge is 0.294 e. The Labute approximate surface area is 125 Å². The summed E-state index contributed by atoms with van der Waals surface area (Å²) in [5.74, 6) is 1.65. The van der Waals surface area contributed by atoms with Crippen molar-refractivity contribution in [3.63, 3.8) is 0 Å². The van der Waals surface area contributed by atoms with Gasteiger partial charge in [0.15, 0.2) is 5.82 Å². The van der Waals surface area contributed by atoms with E-state index in [0.29, 0.717) is 42.2 Å². The van der Waals surface area contributed by atoms with Crippen molar-refractivity contribution in [1.82, 2.24) is 19.5 Å². The van der Waals surface area contributed by atoms with Crippen LogP contribution in [0.15, 0.2) is 29.0 Å². The number of imidazole rings is 1. The Morgan fingerprint density at radius 2 is 2.32 bits per heavy atom. The van der Waals surface area contributed by atoms with Crippen LogP contribution >= 0.6 is 0 Å². The summed E-state index contributed by atoms with van der Waals surface area (Å²) in [6.07, 6.45) is 4.06. The van der Waals surface area contributed by atoms with Gasteiger partial charge in [0.05, 0.1) is 6.20 Å². The monoisotopic (exact) mass is 302 g/mol. The zero-order valence-corrected chi connectivity index (χ0v) is 12.1. The van der Waals surface area contributed by atoms with E-state index < -0.39 is 0 Å². The van der Waals surface area contributed by atoms with Gasteiger partial charge in [0.25, 0.3) is 5.89 Å². The fourth-order valence-corrected chi connectivity index (χ4v) is 2.89. The molecule has 1 aliphatic rings. The minimum Gasteiger partial charge on any atom is -0.381 e. The molecule has 2 atom stereocenters. The lowest BCUT2D eigenvalue weighted by atomic mass is 9.89. The number of rotatable bonds is 2. The fourth-order valence-electron chi connectivity index (χ4n) is 2.89. The van der Waals surface area contributed by atoms with E-state index in [2.05, 4.69) is 22.0 Å². The van der Waals surface area contributed by atoms with Crippen LogP contribution in [0.4, 0.5) is 4.39 Å². The average molecular weight is 302 g/mol. The molecular weight excluding hydrogens is 287 g/mol. The number of aromatic nitrogens is 4. The number of nitrogens with zero attached hydrogens (tertiary/aromatic N) is 4. The van der Waals surface area contributed by atoms with Crippen LogP contribution in [0.2, 0.25) is 0 Å². The standard InChI is InChI=1S/C15H15FN4O2/c1-9-8-21-6-4-10(9)13-18-15(22-19-13)14-17-7-12-11(16)3-2-5-20(12)14/h2-3,5,7,9-10H,4,6,8H2,1H3. The molecule has 0 saturated carbocycles. The first-order chi connectivity index (χ1) is 10.7. The SMILES string of the molecule is CC1COCCC1c1noc(-c2ncc3c(F)cccn23)n1. The molecule has 114 valence electrons. The zero-order chi connectivity index (χ0) is 15.1. The highest BCUT2D eigenvalue weighted by molar-refractivity contribution is 5.56. The number of ether oxygens (including phenoxy) is 1. The Morgan fingerprint density at radius 3 is 3.18 bits per heavy atom. The second-order valence-electron chi connectivity index (χ2n) is 5.60. The van der Waals surface area contributed by atoms with Gasteiger partial charge in [-0.3, -0.25) is 4.40 Å². The molecule has 4 rings (SSSR count). The van der Waals surface area contributed by atoms with Crippen LogP contribution in [0.1, 0.15) is 25.1 Å². The van der Waals surface area contributed by atoms with Crippen molar-refractivity contribution in [3.05, 3.63) is 36.2 Å². The van der Waals surface area contributed by atoms with E-state index in [-0.39, 0.29) is 11.7 Å². The average Bonchev–Trinajstić information content (AvgIpc) is 3.14. The van der Waals surface area contributed by atoms with Gasteiger partial charge in [0, 0.05) is 25.3 Å². The van der Waals surface area contributed by atoms with Gasteiger partial charge in [-0.1, -0.05) is 12.1 Å². The van der Waals surface area contributed by atoms with Gasteiger partial charge in [-0.15, -0.1) is 0 Å². The number of hydrogen-bond acceptors (Lipinski definition) is 5. The van der Waals surface area contributed by atoms with Crippen molar-refractivity contribution < 1.29 is 13.7 Å². The predicted molar refractivity (Wildman–Crippen MR) is 75.8 cm³/mol. The van der Waals surface area contributed by atoms with Crippen LogP contribution in [0.3, 0.4) is 0 Å². The third-order valence-electron chi connectivity index (χ3n) is 4.12. The van der Waals surface area contributed by atoms with Crippen LogP contribution in [-0.2, 0) is 4.74 Å². The molecule has 0 N–H and O–H groups in total. The maximum atomic E-state index is 13.7. The Hall–Kier alpha value is -2.28. The Morgan fingerprint density at radius 1 is 1.41 bits per heavy atom. The van der Waals surface area contributed by atoms with Crippen molar-refractivity contribution in [1.29, 1.82) is 0 Å². The molecule has 6 nitrogen and oxygen atoms in total. The van der Waals surface area contributed by atoms with Crippen LogP contribution in [0.25, 0.3) is 17.2 Å². The lowest BCUT2D eigenvalue weighted by Crippen LogP contribution is -2.24. The third-order valence-corrected chi connectivity index (χ3v) is 4.12. The molecule has 4 heterocycles. The van der Waals surface area contributed by atoms with E-state index in [1.165, 1.54) is 12.3 Å². The lowest BCUT2D eigenvalue weighted by molar-refractivity contribution is 0.0447. The second kappa shape index (κ2) is 5.17. The summed E-state index contributed by atoms with van der Waals surface area (Å²) in [6.45, 7) is 3.52. The highest BCUT2D eigenvalue weighted by Crippen LogP contribution is 2.31. The number of halogens is 1. The third kappa shape index (κ3) is 2.09. The number of hydrogen-bond donors (Lipinski definition) is 0. The summed E-state index contributed by atoms with van der Waals surface area (Å²) in [7, 11) is 0. The van der Waals surface area contributed by atoms with E-state index in [1.807, 2.05) is 0 Å². The van der Waals surface area contributed by atoms with Crippen molar-refractivity contribution in [2.75, 3.05) is 13.2 Å². The van der Waals surface area contributed by atoms with E-state index in [4.69, 9.17) is 9.26 Å². The van der Waals surface area contributed by atoms with E-state index >= 15 is 0 Å². The highest BCUT2D eigenvalue weighted by atomic mass is 19.1. The van der Waals surface area contributed by atoms with Crippen molar-refractivity contribution >= 4 is 5.52 Å². The van der Waals surface area contributed by atoms with Crippen LogP contribution in [0, 0.1) is 11.7 Å². The summed E-state index contributed by atoms with van der Waals surface area (Å²) in [5, 5.41) is 4.09. The Kier molecular flexibility index (Phi) is 3.15. The molecule has 1 fully saturated rings. The van der Waals surface area contributed by atoms with E-state index in [9.17, 15) is 4.39 Å². The molecule has 2 unspecified atom stereocenters. The maximum absolute atomic E-state index is 13.7. The van der Waals surface area contributed by atoms with Gasteiger partial charge in [0.2, 0.25) is 5.82 Å². The maximum Gasteiger partial charge on any atom is 0.294 e. The van der Waals surface area contributed by atoms with Gasteiger partial charge in [-0.2, -0.15) is 4.98 Å². The first-order valence-corrected chi connectivity index (χ1v) is 7.27. The summed E-state index contributed by atoms with van der Waals surface area (Å²) in [4.78, 5) is 8.67. The summed E-state index contributed by atoms with van der Waals surface area (Å²) < 4.78 is 26.1. The molecule has 3 aromatic heterocycles. The minimum atomic E-state index is -0.334. The largest absolute Gasteiger partial charge is 0.381 e. The quantitative estimate of drug-likeness (QED) is 0.728. The summed E-state index contributed by atoms with van der Waals surface area (Å²) >= 11 is 0. The molecule has 0 amide bonds. The molecule has 0 radical (unpaired) electrons. The molecule has 1 aliphatic heterocycles. The molecular formula is C15H15FN4O2. The normalized spacial score (nSPS) is 22.3. The summed E-state index contributed by atoms with van der Waals surface area (Å²) in [5.41, 5.74) is 0.386. The number of pyridine rings is 1. The van der Waals surface area contributed by atoms with Crippen molar-refractivity contribution in [2.24, 2.45) is 5.92 Å². The van der Waals surface area contributed by atoms with Gasteiger partial charge in [0.1, 0.15) is 11.3 Å². The molecule has 0 bridgehead atoms. The molecule has 0 aromatic carbocycles. The molecule has 3 aromatic rings. The number of fused-ring (bicyclic) bond motifs is 1. The first kappa shape index (κ1) is 13.4. The van der Waals surface area contributed by atoms with E-state index in [1.54, 1.807) is 16.7 Å². The van der Waals surface area contributed by atoms with Crippen LogP contribution < -0.4 is 0 Å². The van der Waals surface area contributed by atoms with Gasteiger partial charge in [-0.25, -0.2) is 9.37 Å². The topological polar surface area (TPSA) is 65.5 Å². The fraction of sp³-hybridized carbons (Fsp3) is 0.400. The predicted octanol–water partition coefficient (Wildman–Crippen LogP) is 2.66. The van der Waals surface area contributed by atoms with Crippen LogP contribution in [0.5, 0.6) is 0 Å². The molecule has 0 spiro atoms. The van der Waals surface area contributed by atoms with Gasteiger partial charge >= 0.3 is 0 Å². The van der Waals surface area contributed by atoms with Crippen molar-refractivity contribution in [2.45, 2.75) is 19.3 Å². The molecule has 7 heteroatoms. The van der Waals surface area contributed by atoms with Gasteiger partial charge in [-0.05, 0) is 24.5 Å². The zero-order valence-electron chi connectivity index (χ0n) is 12.1. The Balaban J connectivity index is 1.72. The Bertz CT molecular complexity index is 813.